The van der Waals surface area contributed by atoms with E-state index in [-0.39, 0.29) is 24.2 Å². The zero-order chi connectivity index (χ0) is 40.3. The average molecular weight is 751 g/mol. The van der Waals surface area contributed by atoms with Crippen molar-refractivity contribution in [3.8, 4) is 0 Å². The quantitative estimate of drug-likeness (QED) is 0.0587. The Hall–Kier alpha value is -5.27. The van der Waals surface area contributed by atoms with Gasteiger partial charge in [0.2, 0.25) is 11.8 Å². The number of methoxy groups -OCH3 is 1. The summed E-state index contributed by atoms with van der Waals surface area (Å²) in [6.07, 6.45) is 0.503. The van der Waals surface area contributed by atoms with Crippen LogP contribution < -0.4 is 21.1 Å². The van der Waals surface area contributed by atoms with E-state index in [0.29, 0.717) is 6.42 Å². The molecule has 0 saturated heterocycles. The van der Waals surface area contributed by atoms with Crippen molar-refractivity contribution >= 4 is 37.9 Å². The Morgan fingerprint density at radius 2 is 0.909 bits per heavy atom. The number of benzene rings is 4. The normalized spacial score (nSPS) is 13.9. The van der Waals surface area contributed by atoms with Crippen molar-refractivity contribution < 1.29 is 39.1 Å². The van der Waals surface area contributed by atoms with Crippen LogP contribution in [0.15, 0.2) is 121 Å². The van der Waals surface area contributed by atoms with E-state index in [1.54, 1.807) is 6.82 Å². The summed E-state index contributed by atoms with van der Waals surface area (Å²) in [4.78, 5) is 49.7. The van der Waals surface area contributed by atoms with E-state index in [0.717, 1.165) is 22.3 Å². The Labute approximate surface area is 324 Å². The molecule has 55 heavy (non-hydrogen) atoms. The standard InChI is InChI=1S/C21H27BN2O4.C20H25BN2O4/c1-15(17-12-8-5-9-13-17)19(24-22(2)27)20(25)23-18(21(26)28-3)14-16-10-6-4-7-11-16;1-14(16-11-7-4-8-12-16)18(23-21(2)27)19(24)22-17(20(25)26)13-15-9-5-3-6-10-15/h4-13,15,18-19,24,27H,14H2,1-3H3,(H,23,25);3-12,14,17-18,23,27H,13H2,1-2H3,(H,22,24)(H,25,26)/t15-,18-,19-;14-,17-,18-/m11/s1. The van der Waals surface area contributed by atoms with Crippen LogP contribution in [0.2, 0.25) is 13.6 Å². The highest BCUT2D eigenvalue weighted by molar-refractivity contribution is 6.46. The Morgan fingerprint density at radius 3 is 1.24 bits per heavy atom. The summed E-state index contributed by atoms with van der Waals surface area (Å²) in [5.74, 6) is -2.92. The Kier molecular flexibility index (Phi) is 18.3. The molecule has 0 unspecified atom stereocenters. The first kappa shape index (κ1) is 44.1. The number of aliphatic carboxylic acids is 1. The fraction of sp³-hybridized carbons (Fsp3) is 0.317. The molecular formula is C41H52B2N4O8. The van der Waals surface area contributed by atoms with Gasteiger partial charge in [0, 0.05) is 24.7 Å². The largest absolute Gasteiger partial charge is 0.480 e. The van der Waals surface area contributed by atoms with Gasteiger partial charge in [0.25, 0.3) is 0 Å². The van der Waals surface area contributed by atoms with Crippen molar-refractivity contribution in [3.05, 3.63) is 144 Å². The smallest absolute Gasteiger partial charge is 0.374 e. The van der Waals surface area contributed by atoms with E-state index >= 15 is 0 Å². The number of amides is 2. The van der Waals surface area contributed by atoms with Crippen molar-refractivity contribution in [3.63, 3.8) is 0 Å². The summed E-state index contributed by atoms with van der Waals surface area (Å²) in [7, 11) is -0.498. The van der Waals surface area contributed by atoms with Gasteiger partial charge in [-0.05, 0) is 35.9 Å². The minimum absolute atomic E-state index is 0.184. The van der Waals surface area contributed by atoms with Gasteiger partial charge in [-0.25, -0.2) is 9.59 Å². The van der Waals surface area contributed by atoms with Gasteiger partial charge in [0.05, 0.1) is 19.2 Å². The molecule has 0 aliphatic rings. The molecule has 0 aliphatic heterocycles. The summed E-state index contributed by atoms with van der Waals surface area (Å²) in [6, 6.07) is 34.2. The maximum absolute atomic E-state index is 13.0. The molecule has 0 fully saturated rings. The number of carbonyl (C=O) groups excluding carboxylic acids is 3. The molecule has 0 heterocycles. The lowest BCUT2D eigenvalue weighted by molar-refractivity contribution is -0.145. The zero-order valence-electron chi connectivity index (χ0n) is 32.0. The molecule has 290 valence electrons. The highest BCUT2D eigenvalue weighted by Crippen LogP contribution is 2.21. The first-order valence-corrected chi connectivity index (χ1v) is 18.3. The van der Waals surface area contributed by atoms with Gasteiger partial charge in [-0.15, -0.1) is 0 Å². The number of carboxylic acids is 1. The maximum atomic E-state index is 13.0. The summed E-state index contributed by atoms with van der Waals surface area (Å²) < 4.78 is 4.87. The minimum atomic E-state index is -1.10. The molecule has 4 aromatic rings. The van der Waals surface area contributed by atoms with Gasteiger partial charge in [-0.2, -0.15) is 0 Å². The first-order chi connectivity index (χ1) is 26.3. The van der Waals surface area contributed by atoms with E-state index < -0.39 is 56.1 Å². The van der Waals surface area contributed by atoms with Gasteiger partial charge >= 0.3 is 26.0 Å². The number of ether oxygens (including phenoxy) is 1. The van der Waals surface area contributed by atoms with Gasteiger partial charge < -0.3 is 41.0 Å². The third-order valence-corrected chi connectivity index (χ3v) is 9.04. The van der Waals surface area contributed by atoms with Crippen molar-refractivity contribution in [1.29, 1.82) is 0 Å². The molecular weight excluding hydrogens is 698 g/mol. The van der Waals surface area contributed by atoms with E-state index in [9.17, 15) is 34.3 Å². The zero-order valence-corrected chi connectivity index (χ0v) is 32.0. The predicted octanol–water partition coefficient (Wildman–Crippen LogP) is 3.43. The second kappa shape index (κ2) is 22.8. The van der Waals surface area contributed by atoms with Crippen molar-refractivity contribution in [1.82, 2.24) is 21.1 Å². The molecule has 0 aliphatic carbocycles. The number of carboxylic acid groups (broad SMARTS) is 1. The Balaban J connectivity index is 0.000000296. The van der Waals surface area contributed by atoms with Crippen LogP contribution in [0.4, 0.5) is 0 Å². The summed E-state index contributed by atoms with van der Waals surface area (Å²) in [5.41, 5.74) is 3.60. The van der Waals surface area contributed by atoms with Gasteiger partial charge in [-0.3, -0.25) is 9.59 Å². The van der Waals surface area contributed by atoms with E-state index in [2.05, 4.69) is 21.1 Å². The highest BCUT2D eigenvalue weighted by atomic mass is 16.5. The third kappa shape index (κ3) is 14.8. The number of hydrogen-bond acceptors (Lipinski definition) is 9. The van der Waals surface area contributed by atoms with Crippen LogP contribution in [-0.2, 0) is 36.8 Å². The Morgan fingerprint density at radius 1 is 0.582 bits per heavy atom. The van der Waals surface area contributed by atoms with Crippen molar-refractivity contribution in [2.24, 2.45) is 0 Å². The SMILES string of the molecule is CB(O)N[C@@H](C(=O)N[C@H](Cc1ccccc1)C(=O)O)[C@H](C)c1ccccc1.COC(=O)[C@@H](Cc1ccccc1)NC(=O)[C@H](NB(C)O)[C@H](C)c1ccccc1. The predicted molar refractivity (Wildman–Crippen MR) is 215 cm³/mol. The van der Waals surface area contributed by atoms with Crippen LogP contribution in [0.1, 0.15) is 47.9 Å². The molecule has 0 bridgehead atoms. The molecule has 0 saturated carbocycles. The van der Waals surface area contributed by atoms with E-state index in [1.165, 1.54) is 13.9 Å². The lowest BCUT2D eigenvalue weighted by Crippen LogP contribution is -2.55. The average Bonchev–Trinajstić information content (AvgIpc) is 3.19. The molecule has 6 atom stereocenters. The van der Waals surface area contributed by atoms with E-state index in [1.807, 2.05) is 135 Å². The molecule has 0 aromatic heterocycles. The molecule has 7 N–H and O–H groups in total. The van der Waals surface area contributed by atoms with Crippen LogP contribution >= 0.6 is 0 Å². The van der Waals surface area contributed by atoms with Crippen LogP contribution in [0.5, 0.6) is 0 Å². The number of hydrogen-bond donors (Lipinski definition) is 7. The molecule has 2 amide bonds. The lowest BCUT2D eigenvalue weighted by Gasteiger charge is -2.27. The number of esters is 1. The number of nitrogens with one attached hydrogen (secondary N) is 4. The fourth-order valence-electron chi connectivity index (χ4n) is 6.07. The second-order valence-electron chi connectivity index (χ2n) is 13.4. The molecule has 4 aromatic carbocycles. The lowest BCUT2D eigenvalue weighted by atomic mass is 9.82. The first-order valence-electron chi connectivity index (χ1n) is 18.3. The summed E-state index contributed by atoms with van der Waals surface area (Å²) in [6.45, 7) is 6.84. The monoisotopic (exact) mass is 750 g/mol. The van der Waals surface area contributed by atoms with Crippen LogP contribution in [0.25, 0.3) is 0 Å². The maximum Gasteiger partial charge on any atom is 0.374 e. The van der Waals surface area contributed by atoms with Crippen molar-refractivity contribution in [2.45, 2.75) is 76.3 Å². The molecule has 12 nitrogen and oxygen atoms in total. The van der Waals surface area contributed by atoms with Gasteiger partial charge in [0.1, 0.15) is 12.1 Å². The Bertz CT molecular complexity index is 1760. The number of carbonyl (C=O) groups is 4. The fourth-order valence-corrected chi connectivity index (χ4v) is 6.07. The summed E-state index contributed by atoms with van der Waals surface area (Å²) in [5, 5.41) is 40.2. The topological polar surface area (TPSA) is 186 Å². The third-order valence-electron chi connectivity index (χ3n) is 9.04. The van der Waals surface area contributed by atoms with Gasteiger partial charge in [0.15, 0.2) is 0 Å². The number of rotatable bonds is 18. The van der Waals surface area contributed by atoms with Crippen molar-refractivity contribution in [2.75, 3.05) is 7.11 Å². The van der Waals surface area contributed by atoms with Gasteiger partial charge in [-0.1, -0.05) is 135 Å². The van der Waals surface area contributed by atoms with E-state index in [4.69, 9.17) is 4.74 Å². The highest BCUT2D eigenvalue weighted by Gasteiger charge is 2.33. The second-order valence-corrected chi connectivity index (χ2v) is 13.4. The molecule has 14 heteroatoms. The minimum Gasteiger partial charge on any atom is -0.480 e. The van der Waals surface area contributed by atoms with Crippen LogP contribution in [-0.4, -0.2) is 84.3 Å². The molecule has 4 rings (SSSR count). The summed E-state index contributed by atoms with van der Waals surface area (Å²) >= 11 is 0. The van der Waals surface area contributed by atoms with Crippen LogP contribution in [0, 0.1) is 0 Å². The molecule has 0 spiro atoms. The molecule has 0 radical (unpaired) electrons. The van der Waals surface area contributed by atoms with Crippen LogP contribution in [0.3, 0.4) is 0 Å².